The van der Waals surface area contributed by atoms with Crippen LogP contribution in [0, 0.1) is 0 Å². The molecule has 1 N–H and O–H groups in total. The molecular formula is C10H15N3O3S. The first-order chi connectivity index (χ1) is 8.05. The summed E-state index contributed by atoms with van der Waals surface area (Å²) in [6.07, 6.45) is 1.68. The number of hydrogen-bond acceptors (Lipinski definition) is 5. The number of fused-ring (bicyclic) bond motifs is 1. The van der Waals surface area contributed by atoms with Crippen molar-refractivity contribution >= 4 is 9.84 Å². The number of aromatic nitrogens is 3. The molecule has 2 unspecified atom stereocenters. The third-order valence-corrected chi connectivity index (χ3v) is 5.32. The SMILES string of the molecule is O=S1(=O)CCC(c2nnc3n2CC(O)CC3)C1. The van der Waals surface area contributed by atoms with E-state index in [1.807, 2.05) is 4.57 Å². The molecule has 3 heterocycles. The number of nitrogens with zero attached hydrogens (tertiary/aromatic N) is 3. The van der Waals surface area contributed by atoms with Gasteiger partial charge in [0.2, 0.25) is 0 Å². The maximum Gasteiger partial charge on any atom is 0.151 e. The summed E-state index contributed by atoms with van der Waals surface area (Å²) in [7, 11) is -2.91. The van der Waals surface area contributed by atoms with Crippen molar-refractivity contribution in [2.75, 3.05) is 11.5 Å². The van der Waals surface area contributed by atoms with E-state index in [0.29, 0.717) is 25.8 Å². The first-order valence-corrected chi connectivity index (χ1v) is 7.68. The van der Waals surface area contributed by atoms with Crippen molar-refractivity contribution in [2.45, 2.75) is 37.8 Å². The average molecular weight is 257 g/mol. The predicted molar refractivity (Wildman–Crippen MR) is 60.4 cm³/mol. The molecule has 6 nitrogen and oxygen atoms in total. The lowest BCUT2D eigenvalue weighted by Gasteiger charge is -2.21. The van der Waals surface area contributed by atoms with Gasteiger partial charge in [0.15, 0.2) is 9.84 Å². The van der Waals surface area contributed by atoms with Gasteiger partial charge in [0.1, 0.15) is 11.6 Å². The Kier molecular flexibility index (Phi) is 2.48. The molecule has 0 bridgehead atoms. The fourth-order valence-corrected chi connectivity index (χ4v) is 4.37. The highest BCUT2D eigenvalue weighted by Crippen LogP contribution is 2.29. The van der Waals surface area contributed by atoms with Crippen LogP contribution in [0.15, 0.2) is 0 Å². The van der Waals surface area contributed by atoms with E-state index < -0.39 is 9.84 Å². The molecule has 1 fully saturated rings. The lowest BCUT2D eigenvalue weighted by Crippen LogP contribution is -2.26. The molecule has 1 saturated heterocycles. The molecule has 2 atom stereocenters. The third kappa shape index (κ3) is 1.97. The molecule has 1 aromatic heterocycles. The molecule has 0 aromatic carbocycles. The molecule has 94 valence electrons. The maximum atomic E-state index is 11.5. The minimum absolute atomic E-state index is 0.0495. The van der Waals surface area contributed by atoms with Crippen molar-refractivity contribution in [2.24, 2.45) is 0 Å². The molecular weight excluding hydrogens is 242 g/mol. The van der Waals surface area contributed by atoms with Gasteiger partial charge in [-0.15, -0.1) is 10.2 Å². The summed E-state index contributed by atoms with van der Waals surface area (Å²) in [6, 6.07) is 0. The van der Waals surface area contributed by atoms with Crippen LogP contribution in [-0.2, 0) is 22.8 Å². The van der Waals surface area contributed by atoms with E-state index in [4.69, 9.17) is 0 Å². The van der Waals surface area contributed by atoms with E-state index in [9.17, 15) is 13.5 Å². The molecule has 0 spiro atoms. The normalized spacial score (nSPS) is 31.4. The number of aliphatic hydroxyl groups excluding tert-OH is 1. The largest absolute Gasteiger partial charge is 0.391 e. The highest BCUT2D eigenvalue weighted by Gasteiger charge is 2.34. The Morgan fingerprint density at radius 3 is 2.82 bits per heavy atom. The molecule has 0 aliphatic carbocycles. The zero-order valence-corrected chi connectivity index (χ0v) is 10.2. The molecule has 0 amide bonds. The number of rotatable bonds is 1. The van der Waals surface area contributed by atoms with Crippen LogP contribution < -0.4 is 0 Å². The van der Waals surface area contributed by atoms with Crippen molar-refractivity contribution in [1.82, 2.24) is 14.8 Å². The summed E-state index contributed by atoms with van der Waals surface area (Å²) in [5, 5.41) is 17.9. The highest BCUT2D eigenvalue weighted by atomic mass is 32.2. The third-order valence-electron chi connectivity index (χ3n) is 3.55. The second-order valence-corrected chi connectivity index (χ2v) is 7.11. The molecule has 17 heavy (non-hydrogen) atoms. The Balaban J connectivity index is 1.92. The molecule has 2 aliphatic heterocycles. The van der Waals surface area contributed by atoms with Gasteiger partial charge in [-0.05, 0) is 12.8 Å². The van der Waals surface area contributed by atoms with Crippen LogP contribution in [0.4, 0.5) is 0 Å². The van der Waals surface area contributed by atoms with Gasteiger partial charge in [-0.25, -0.2) is 8.42 Å². The standard InChI is InChI=1S/C10H15N3O3S/c14-8-1-2-9-11-12-10(13(9)5-8)7-3-4-17(15,16)6-7/h7-8,14H,1-6H2. The Bertz CT molecular complexity index is 537. The lowest BCUT2D eigenvalue weighted by atomic mass is 10.1. The molecule has 0 radical (unpaired) electrons. The summed E-state index contributed by atoms with van der Waals surface area (Å²) in [5.74, 6) is 1.96. The van der Waals surface area contributed by atoms with Crippen LogP contribution in [0.25, 0.3) is 0 Å². The van der Waals surface area contributed by atoms with Crippen molar-refractivity contribution in [3.63, 3.8) is 0 Å². The number of aliphatic hydroxyl groups is 1. The van der Waals surface area contributed by atoms with Gasteiger partial charge in [0, 0.05) is 12.3 Å². The zero-order valence-electron chi connectivity index (χ0n) is 9.41. The first kappa shape index (κ1) is 11.2. The molecule has 3 rings (SSSR count). The van der Waals surface area contributed by atoms with Crippen molar-refractivity contribution in [1.29, 1.82) is 0 Å². The van der Waals surface area contributed by atoms with Crippen LogP contribution >= 0.6 is 0 Å². The molecule has 1 aromatic rings. The molecule has 7 heteroatoms. The van der Waals surface area contributed by atoms with Crippen LogP contribution in [-0.4, -0.2) is 45.9 Å². The van der Waals surface area contributed by atoms with Crippen LogP contribution in [0.1, 0.15) is 30.4 Å². The Hall–Kier alpha value is -0.950. The second kappa shape index (κ2) is 3.78. The molecule has 0 saturated carbocycles. The van der Waals surface area contributed by atoms with E-state index in [2.05, 4.69) is 10.2 Å². The number of hydrogen-bond donors (Lipinski definition) is 1. The van der Waals surface area contributed by atoms with Gasteiger partial charge in [0.25, 0.3) is 0 Å². The predicted octanol–water partition coefficient (Wildman–Crippen LogP) is -0.513. The van der Waals surface area contributed by atoms with Crippen molar-refractivity contribution < 1.29 is 13.5 Å². The van der Waals surface area contributed by atoms with Crippen LogP contribution in [0.3, 0.4) is 0 Å². The summed E-state index contributed by atoms with van der Waals surface area (Å²) in [6.45, 7) is 0.494. The van der Waals surface area contributed by atoms with Crippen molar-refractivity contribution in [3.05, 3.63) is 11.6 Å². The fourth-order valence-electron chi connectivity index (χ4n) is 2.63. The monoisotopic (exact) mass is 257 g/mol. The van der Waals surface area contributed by atoms with Gasteiger partial charge >= 0.3 is 0 Å². The number of aryl methyl sites for hydroxylation is 1. The van der Waals surface area contributed by atoms with Gasteiger partial charge in [-0.3, -0.25) is 0 Å². The molecule has 2 aliphatic rings. The van der Waals surface area contributed by atoms with Crippen molar-refractivity contribution in [3.8, 4) is 0 Å². The maximum absolute atomic E-state index is 11.5. The van der Waals surface area contributed by atoms with Gasteiger partial charge in [0.05, 0.1) is 24.2 Å². The average Bonchev–Trinajstić information content (AvgIpc) is 2.81. The van der Waals surface area contributed by atoms with Gasteiger partial charge < -0.3 is 9.67 Å². The van der Waals surface area contributed by atoms with E-state index in [0.717, 1.165) is 11.6 Å². The highest BCUT2D eigenvalue weighted by molar-refractivity contribution is 7.91. The summed E-state index contributed by atoms with van der Waals surface area (Å²) in [5.41, 5.74) is 0. The minimum atomic E-state index is -2.91. The smallest absolute Gasteiger partial charge is 0.151 e. The quantitative estimate of drug-likeness (QED) is 0.732. The Labute approximate surface area is 99.6 Å². The Morgan fingerprint density at radius 2 is 2.12 bits per heavy atom. The summed E-state index contributed by atoms with van der Waals surface area (Å²) >= 11 is 0. The van der Waals surface area contributed by atoms with Gasteiger partial charge in [-0.2, -0.15) is 0 Å². The fraction of sp³-hybridized carbons (Fsp3) is 0.800. The van der Waals surface area contributed by atoms with Crippen LogP contribution in [0.2, 0.25) is 0 Å². The van der Waals surface area contributed by atoms with E-state index >= 15 is 0 Å². The summed E-state index contributed by atoms with van der Waals surface area (Å²) in [4.78, 5) is 0. The summed E-state index contributed by atoms with van der Waals surface area (Å²) < 4.78 is 24.8. The zero-order chi connectivity index (χ0) is 12.0. The Morgan fingerprint density at radius 1 is 1.29 bits per heavy atom. The van der Waals surface area contributed by atoms with E-state index in [-0.39, 0.29) is 23.5 Å². The van der Waals surface area contributed by atoms with Gasteiger partial charge in [-0.1, -0.05) is 0 Å². The minimum Gasteiger partial charge on any atom is -0.391 e. The first-order valence-electron chi connectivity index (χ1n) is 5.85. The van der Waals surface area contributed by atoms with Crippen LogP contribution in [0.5, 0.6) is 0 Å². The topological polar surface area (TPSA) is 85.1 Å². The van der Waals surface area contributed by atoms with E-state index in [1.54, 1.807) is 0 Å². The number of sulfone groups is 1. The van der Waals surface area contributed by atoms with E-state index in [1.165, 1.54) is 0 Å². The lowest BCUT2D eigenvalue weighted by molar-refractivity contribution is 0.128. The second-order valence-electron chi connectivity index (χ2n) is 4.88.